The summed E-state index contributed by atoms with van der Waals surface area (Å²) < 4.78 is 2.08. The first-order valence-electron chi connectivity index (χ1n) is 9.68. The topological polar surface area (TPSA) is 63.0 Å². The van der Waals surface area contributed by atoms with Crippen molar-refractivity contribution in [3.63, 3.8) is 0 Å². The first kappa shape index (κ1) is 17.1. The van der Waals surface area contributed by atoms with Crippen LogP contribution in [0, 0.1) is 25.7 Å². The van der Waals surface area contributed by atoms with Crippen molar-refractivity contribution in [2.24, 2.45) is 11.8 Å². The molecule has 0 aliphatic carbocycles. The van der Waals surface area contributed by atoms with Crippen LogP contribution in [-0.2, 0) is 13.1 Å². The van der Waals surface area contributed by atoms with Crippen LogP contribution in [0.2, 0.25) is 0 Å². The second kappa shape index (κ2) is 6.53. The van der Waals surface area contributed by atoms with Crippen LogP contribution in [0.3, 0.4) is 0 Å². The zero-order valence-corrected chi connectivity index (χ0v) is 16.9. The second-order valence-corrected chi connectivity index (χ2v) is 9.05. The van der Waals surface area contributed by atoms with Gasteiger partial charge in [0.15, 0.2) is 17.0 Å². The first-order chi connectivity index (χ1) is 13.1. The average molecular weight is 384 g/mol. The lowest BCUT2D eigenvalue weighted by atomic mass is 10.0. The molecule has 7 nitrogen and oxygen atoms in total. The van der Waals surface area contributed by atoms with Gasteiger partial charge in [-0.15, -0.1) is 11.3 Å². The summed E-state index contributed by atoms with van der Waals surface area (Å²) in [4.78, 5) is 24.6. The van der Waals surface area contributed by atoms with Crippen molar-refractivity contribution in [3.05, 3.63) is 28.2 Å². The summed E-state index contributed by atoms with van der Waals surface area (Å²) >= 11 is 1.84. The Morgan fingerprint density at radius 2 is 1.85 bits per heavy atom. The fraction of sp³-hybridized carbons (Fsp3) is 0.579. The fourth-order valence-electron chi connectivity index (χ4n) is 4.65. The fourth-order valence-corrected chi connectivity index (χ4v) is 5.63. The molecule has 0 saturated carbocycles. The highest BCUT2D eigenvalue weighted by molar-refractivity contribution is 7.11. The predicted molar refractivity (Wildman–Crippen MR) is 107 cm³/mol. The monoisotopic (exact) mass is 383 g/mol. The third-order valence-corrected chi connectivity index (χ3v) is 7.01. The highest BCUT2D eigenvalue weighted by Crippen LogP contribution is 2.36. The largest absolute Gasteiger partial charge is 0.354 e. The van der Waals surface area contributed by atoms with Gasteiger partial charge in [0.2, 0.25) is 0 Å². The maximum Gasteiger partial charge on any atom is 0.165 e. The smallest absolute Gasteiger partial charge is 0.165 e. The molecule has 2 atom stereocenters. The third-order valence-electron chi connectivity index (χ3n) is 5.95. The molecule has 2 aliphatic rings. The number of aromatic nitrogens is 5. The summed E-state index contributed by atoms with van der Waals surface area (Å²) in [7, 11) is 0. The van der Waals surface area contributed by atoms with E-state index >= 15 is 0 Å². The summed E-state index contributed by atoms with van der Waals surface area (Å²) in [5.74, 6) is 2.41. The minimum absolute atomic E-state index is 0.706. The van der Waals surface area contributed by atoms with Crippen molar-refractivity contribution in [1.29, 1.82) is 0 Å². The van der Waals surface area contributed by atoms with Crippen LogP contribution in [0.5, 0.6) is 0 Å². The number of nitrogens with zero attached hydrogens (tertiary/aromatic N) is 7. The molecular weight excluding hydrogens is 358 g/mol. The first-order valence-corrected chi connectivity index (χ1v) is 10.5. The Balaban J connectivity index is 1.30. The standard InChI is InChI=1S/C19H25N7S/c1-4-25-11-22-17-18(25)20-10-21-19(17)26-7-14-5-24(6-15(14)8-26)9-16-12(2)23-13(3)27-16/h10-11,14-15H,4-9H2,1-3H3. The molecule has 5 rings (SSSR count). The molecule has 142 valence electrons. The molecule has 5 heterocycles. The van der Waals surface area contributed by atoms with E-state index in [1.54, 1.807) is 6.33 Å². The van der Waals surface area contributed by atoms with E-state index in [1.165, 1.54) is 15.6 Å². The summed E-state index contributed by atoms with van der Waals surface area (Å²) in [5, 5.41) is 1.17. The average Bonchev–Trinajstić information content (AvgIpc) is 3.37. The highest BCUT2D eigenvalue weighted by atomic mass is 32.1. The number of hydrogen-bond donors (Lipinski definition) is 0. The lowest BCUT2D eigenvalue weighted by Crippen LogP contribution is -2.29. The normalized spacial score (nSPS) is 22.9. The molecule has 0 amide bonds. The van der Waals surface area contributed by atoms with Crippen molar-refractivity contribution in [2.75, 3.05) is 31.1 Å². The number of fused-ring (bicyclic) bond motifs is 2. The lowest BCUT2D eigenvalue weighted by molar-refractivity contribution is 0.310. The molecule has 8 heteroatoms. The van der Waals surface area contributed by atoms with Gasteiger partial charge < -0.3 is 9.47 Å². The zero-order valence-electron chi connectivity index (χ0n) is 16.1. The molecule has 0 N–H and O–H groups in total. The van der Waals surface area contributed by atoms with Crippen LogP contribution >= 0.6 is 11.3 Å². The highest BCUT2D eigenvalue weighted by Gasteiger charge is 2.41. The summed E-state index contributed by atoms with van der Waals surface area (Å²) in [5.41, 5.74) is 3.08. The molecule has 2 fully saturated rings. The Kier molecular flexibility index (Phi) is 4.12. The lowest BCUT2D eigenvalue weighted by Gasteiger charge is -2.22. The molecule has 2 saturated heterocycles. The Morgan fingerprint density at radius 3 is 2.52 bits per heavy atom. The Hall–Kier alpha value is -2.06. The van der Waals surface area contributed by atoms with Crippen LogP contribution in [0.15, 0.2) is 12.7 Å². The number of imidazole rings is 1. The summed E-state index contributed by atoms with van der Waals surface area (Å²) in [6, 6.07) is 0. The van der Waals surface area contributed by atoms with E-state index < -0.39 is 0 Å². The molecule has 2 aliphatic heterocycles. The maximum atomic E-state index is 4.59. The number of hydrogen-bond acceptors (Lipinski definition) is 7. The van der Waals surface area contributed by atoms with E-state index in [2.05, 4.69) is 55.1 Å². The Bertz CT molecular complexity index is 964. The van der Waals surface area contributed by atoms with Crippen molar-refractivity contribution < 1.29 is 0 Å². The number of anilines is 1. The second-order valence-electron chi connectivity index (χ2n) is 7.76. The van der Waals surface area contributed by atoms with Gasteiger partial charge in [-0.3, -0.25) is 4.90 Å². The van der Waals surface area contributed by atoms with Crippen molar-refractivity contribution in [3.8, 4) is 0 Å². The SMILES string of the molecule is CCn1cnc2c(N3CC4CN(Cc5sc(C)nc5C)CC4C3)ncnc21. The van der Waals surface area contributed by atoms with Crippen LogP contribution in [-0.4, -0.2) is 55.6 Å². The van der Waals surface area contributed by atoms with E-state index in [4.69, 9.17) is 0 Å². The number of thiazole rings is 1. The van der Waals surface area contributed by atoms with Gasteiger partial charge in [0, 0.05) is 44.1 Å². The molecule has 0 spiro atoms. The van der Waals surface area contributed by atoms with Crippen molar-refractivity contribution in [2.45, 2.75) is 33.9 Å². The van der Waals surface area contributed by atoms with Gasteiger partial charge >= 0.3 is 0 Å². The Morgan fingerprint density at radius 1 is 1.07 bits per heavy atom. The van der Waals surface area contributed by atoms with E-state index in [-0.39, 0.29) is 0 Å². The van der Waals surface area contributed by atoms with Gasteiger partial charge in [-0.25, -0.2) is 19.9 Å². The van der Waals surface area contributed by atoms with Crippen molar-refractivity contribution >= 4 is 28.3 Å². The van der Waals surface area contributed by atoms with Crippen molar-refractivity contribution in [1.82, 2.24) is 29.4 Å². The van der Waals surface area contributed by atoms with E-state index in [0.717, 1.165) is 56.3 Å². The van der Waals surface area contributed by atoms with Gasteiger partial charge in [0.1, 0.15) is 6.33 Å². The third kappa shape index (κ3) is 2.91. The zero-order chi connectivity index (χ0) is 18.5. The molecule has 3 aromatic rings. The van der Waals surface area contributed by atoms with Gasteiger partial charge in [-0.1, -0.05) is 0 Å². The molecule has 0 bridgehead atoms. The molecule has 27 heavy (non-hydrogen) atoms. The Labute approximate surface area is 163 Å². The molecule has 3 aromatic heterocycles. The van der Waals surface area contributed by atoms with Gasteiger partial charge in [-0.2, -0.15) is 0 Å². The number of rotatable bonds is 4. The minimum atomic E-state index is 0.706. The van der Waals surface area contributed by atoms with E-state index in [0.29, 0.717) is 11.8 Å². The van der Waals surface area contributed by atoms with Crippen LogP contribution in [0.25, 0.3) is 11.2 Å². The van der Waals surface area contributed by atoms with Gasteiger partial charge in [0.25, 0.3) is 0 Å². The van der Waals surface area contributed by atoms with E-state index in [1.807, 2.05) is 17.7 Å². The van der Waals surface area contributed by atoms with Gasteiger partial charge in [-0.05, 0) is 32.6 Å². The predicted octanol–water partition coefficient (Wildman–Crippen LogP) is 2.49. The molecule has 0 aromatic carbocycles. The number of likely N-dealkylation sites (tertiary alicyclic amines) is 1. The van der Waals surface area contributed by atoms with Crippen LogP contribution in [0.4, 0.5) is 5.82 Å². The maximum absolute atomic E-state index is 4.59. The molecular formula is C19H25N7S. The van der Waals surface area contributed by atoms with E-state index in [9.17, 15) is 0 Å². The van der Waals surface area contributed by atoms with Gasteiger partial charge in [0.05, 0.1) is 17.0 Å². The number of aryl methyl sites for hydroxylation is 3. The quantitative estimate of drug-likeness (QED) is 0.690. The molecule has 2 unspecified atom stereocenters. The minimum Gasteiger partial charge on any atom is -0.354 e. The summed E-state index contributed by atoms with van der Waals surface area (Å²) in [6.45, 7) is 12.7. The van der Waals surface area contributed by atoms with Crippen LogP contribution in [0.1, 0.15) is 22.5 Å². The summed E-state index contributed by atoms with van der Waals surface area (Å²) in [6.07, 6.45) is 3.56. The van der Waals surface area contributed by atoms with Crippen LogP contribution < -0.4 is 4.90 Å². The molecule has 0 radical (unpaired) electrons.